The SMILES string of the molecule is CCCCC(CC)CNc1cc(NCC)ncn1. The van der Waals surface area contributed by atoms with Gasteiger partial charge in [-0.3, -0.25) is 0 Å². The lowest BCUT2D eigenvalue weighted by Crippen LogP contribution is -2.14. The molecule has 0 aromatic carbocycles. The van der Waals surface area contributed by atoms with E-state index >= 15 is 0 Å². The predicted octanol–water partition coefficient (Wildman–Crippen LogP) is 3.54. The van der Waals surface area contributed by atoms with Crippen molar-refractivity contribution in [2.45, 2.75) is 46.5 Å². The number of nitrogens with one attached hydrogen (secondary N) is 2. The van der Waals surface area contributed by atoms with Crippen molar-refractivity contribution >= 4 is 11.6 Å². The van der Waals surface area contributed by atoms with Gasteiger partial charge in [0.1, 0.15) is 18.0 Å². The summed E-state index contributed by atoms with van der Waals surface area (Å²) < 4.78 is 0. The Morgan fingerprint density at radius 2 is 1.83 bits per heavy atom. The molecular weight excluding hydrogens is 224 g/mol. The molecule has 1 unspecified atom stereocenters. The van der Waals surface area contributed by atoms with Gasteiger partial charge in [0.05, 0.1) is 0 Å². The topological polar surface area (TPSA) is 49.8 Å². The van der Waals surface area contributed by atoms with Gasteiger partial charge in [0.2, 0.25) is 0 Å². The van der Waals surface area contributed by atoms with Crippen LogP contribution in [0.2, 0.25) is 0 Å². The first kappa shape index (κ1) is 14.7. The second kappa shape index (κ2) is 8.72. The number of aromatic nitrogens is 2. The van der Waals surface area contributed by atoms with Crippen LogP contribution in [0, 0.1) is 5.92 Å². The monoisotopic (exact) mass is 250 g/mol. The molecule has 0 radical (unpaired) electrons. The van der Waals surface area contributed by atoms with Crippen molar-refractivity contribution in [2.75, 3.05) is 23.7 Å². The van der Waals surface area contributed by atoms with Crippen LogP contribution in [0.5, 0.6) is 0 Å². The third-order valence-electron chi connectivity index (χ3n) is 3.14. The highest BCUT2D eigenvalue weighted by Gasteiger charge is 2.06. The second-order valence-electron chi connectivity index (χ2n) is 4.62. The van der Waals surface area contributed by atoms with E-state index in [0.29, 0.717) is 0 Å². The molecule has 0 aliphatic carbocycles. The van der Waals surface area contributed by atoms with Crippen molar-refractivity contribution in [2.24, 2.45) is 5.92 Å². The zero-order valence-corrected chi connectivity index (χ0v) is 11.9. The van der Waals surface area contributed by atoms with Crippen LogP contribution in [0.25, 0.3) is 0 Å². The van der Waals surface area contributed by atoms with Crippen LogP contribution < -0.4 is 10.6 Å². The summed E-state index contributed by atoms with van der Waals surface area (Å²) in [7, 11) is 0. The van der Waals surface area contributed by atoms with Crippen molar-refractivity contribution < 1.29 is 0 Å². The van der Waals surface area contributed by atoms with E-state index in [-0.39, 0.29) is 0 Å². The van der Waals surface area contributed by atoms with Crippen molar-refractivity contribution in [3.63, 3.8) is 0 Å². The fourth-order valence-corrected chi connectivity index (χ4v) is 1.92. The quantitative estimate of drug-likeness (QED) is 0.704. The molecule has 0 saturated heterocycles. The molecule has 102 valence electrons. The molecule has 2 N–H and O–H groups in total. The molecule has 1 aromatic heterocycles. The molecular formula is C14H26N4. The third-order valence-corrected chi connectivity index (χ3v) is 3.14. The van der Waals surface area contributed by atoms with Crippen molar-refractivity contribution in [1.82, 2.24) is 9.97 Å². The first-order valence-electron chi connectivity index (χ1n) is 7.09. The molecule has 4 heteroatoms. The van der Waals surface area contributed by atoms with Crippen LogP contribution in [0.15, 0.2) is 12.4 Å². The first-order valence-corrected chi connectivity index (χ1v) is 7.09. The molecule has 1 atom stereocenters. The van der Waals surface area contributed by atoms with E-state index in [1.165, 1.54) is 25.7 Å². The smallest absolute Gasteiger partial charge is 0.131 e. The van der Waals surface area contributed by atoms with Crippen LogP contribution in [-0.2, 0) is 0 Å². The molecule has 4 nitrogen and oxygen atoms in total. The van der Waals surface area contributed by atoms with Gasteiger partial charge in [-0.25, -0.2) is 9.97 Å². The minimum Gasteiger partial charge on any atom is -0.370 e. The number of hydrogen-bond acceptors (Lipinski definition) is 4. The molecule has 1 rings (SSSR count). The molecule has 0 spiro atoms. The van der Waals surface area contributed by atoms with Gasteiger partial charge in [-0.1, -0.05) is 33.1 Å². The summed E-state index contributed by atoms with van der Waals surface area (Å²) in [5.74, 6) is 2.54. The first-order chi connectivity index (χ1) is 8.80. The fourth-order valence-electron chi connectivity index (χ4n) is 1.92. The molecule has 0 aliphatic rings. The number of unbranched alkanes of at least 4 members (excludes halogenated alkanes) is 1. The maximum atomic E-state index is 4.25. The lowest BCUT2D eigenvalue weighted by atomic mass is 9.99. The van der Waals surface area contributed by atoms with Gasteiger partial charge in [-0.15, -0.1) is 0 Å². The minimum atomic E-state index is 0.738. The predicted molar refractivity (Wildman–Crippen MR) is 78.0 cm³/mol. The average molecular weight is 250 g/mol. The molecule has 1 aromatic rings. The molecule has 18 heavy (non-hydrogen) atoms. The van der Waals surface area contributed by atoms with Crippen LogP contribution in [0.1, 0.15) is 46.5 Å². The van der Waals surface area contributed by atoms with Crippen molar-refractivity contribution in [3.8, 4) is 0 Å². The third kappa shape index (κ3) is 5.34. The van der Waals surface area contributed by atoms with E-state index in [9.17, 15) is 0 Å². The van der Waals surface area contributed by atoms with E-state index in [2.05, 4.69) is 41.4 Å². The number of rotatable bonds is 9. The summed E-state index contributed by atoms with van der Waals surface area (Å²) in [6, 6.07) is 1.97. The van der Waals surface area contributed by atoms with Crippen molar-refractivity contribution in [1.29, 1.82) is 0 Å². The van der Waals surface area contributed by atoms with Crippen LogP contribution >= 0.6 is 0 Å². The number of hydrogen-bond donors (Lipinski definition) is 2. The summed E-state index contributed by atoms with van der Waals surface area (Å²) in [6.45, 7) is 8.44. The van der Waals surface area contributed by atoms with E-state index in [0.717, 1.165) is 30.6 Å². The normalized spacial score (nSPS) is 12.2. The maximum Gasteiger partial charge on any atom is 0.131 e. The summed E-state index contributed by atoms with van der Waals surface area (Å²) >= 11 is 0. The van der Waals surface area contributed by atoms with Gasteiger partial charge in [0, 0.05) is 19.2 Å². The molecule has 0 saturated carbocycles. The lowest BCUT2D eigenvalue weighted by molar-refractivity contribution is 0.472. The van der Waals surface area contributed by atoms with Gasteiger partial charge in [0.15, 0.2) is 0 Å². The second-order valence-corrected chi connectivity index (χ2v) is 4.62. The summed E-state index contributed by atoms with van der Waals surface area (Å²) in [6.07, 6.45) is 6.71. The van der Waals surface area contributed by atoms with E-state index in [1.54, 1.807) is 6.33 Å². The highest BCUT2D eigenvalue weighted by Crippen LogP contribution is 2.14. The number of anilines is 2. The fraction of sp³-hybridized carbons (Fsp3) is 0.714. The largest absolute Gasteiger partial charge is 0.370 e. The molecule has 0 aliphatic heterocycles. The standard InChI is InChI=1S/C14H26N4/c1-4-7-8-12(5-2)10-16-14-9-13(15-6-3)17-11-18-14/h9,11-12H,4-8,10H2,1-3H3,(H2,15,16,17,18). The van der Waals surface area contributed by atoms with Crippen LogP contribution in [0.3, 0.4) is 0 Å². The van der Waals surface area contributed by atoms with Crippen molar-refractivity contribution in [3.05, 3.63) is 12.4 Å². The lowest BCUT2D eigenvalue weighted by Gasteiger charge is -2.15. The Morgan fingerprint density at radius 3 is 2.44 bits per heavy atom. The highest BCUT2D eigenvalue weighted by molar-refractivity contribution is 5.46. The van der Waals surface area contributed by atoms with E-state index in [4.69, 9.17) is 0 Å². The van der Waals surface area contributed by atoms with Gasteiger partial charge in [0.25, 0.3) is 0 Å². The highest BCUT2D eigenvalue weighted by atomic mass is 15.1. The summed E-state index contributed by atoms with van der Waals surface area (Å²) in [5.41, 5.74) is 0. The van der Waals surface area contributed by atoms with Gasteiger partial charge >= 0.3 is 0 Å². The van der Waals surface area contributed by atoms with Crippen LogP contribution in [-0.4, -0.2) is 23.1 Å². The van der Waals surface area contributed by atoms with Gasteiger partial charge in [-0.2, -0.15) is 0 Å². The zero-order chi connectivity index (χ0) is 13.2. The van der Waals surface area contributed by atoms with E-state index < -0.39 is 0 Å². The van der Waals surface area contributed by atoms with Crippen LogP contribution in [0.4, 0.5) is 11.6 Å². The Hall–Kier alpha value is -1.32. The molecule has 0 fully saturated rings. The summed E-state index contributed by atoms with van der Waals surface area (Å²) in [4.78, 5) is 8.41. The summed E-state index contributed by atoms with van der Waals surface area (Å²) in [5, 5.41) is 6.60. The Labute approximate surface area is 111 Å². The van der Waals surface area contributed by atoms with Gasteiger partial charge in [-0.05, 0) is 19.3 Å². The van der Waals surface area contributed by atoms with E-state index in [1.807, 2.05) is 6.07 Å². The zero-order valence-electron chi connectivity index (χ0n) is 11.9. The Balaban J connectivity index is 2.43. The maximum absolute atomic E-state index is 4.25. The molecule has 0 amide bonds. The Bertz CT molecular complexity index is 327. The van der Waals surface area contributed by atoms with Gasteiger partial charge < -0.3 is 10.6 Å². The Morgan fingerprint density at radius 1 is 1.11 bits per heavy atom. The molecule has 1 heterocycles. The minimum absolute atomic E-state index is 0.738. The Kier molecular flexibility index (Phi) is 7.14. The average Bonchev–Trinajstić information content (AvgIpc) is 2.40. The number of nitrogens with zero attached hydrogens (tertiary/aromatic N) is 2. The molecule has 0 bridgehead atoms.